The first-order chi connectivity index (χ1) is 9.93. The Bertz CT molecular complexity index is 542. The van der Waals surface area contributed by atoms with Gasteiger partial charge < -0.3 is 10.6 Å². The molecule has 1 aliphatic rings. The van der Waals surface area contributed by atoms with Crippen molar-refractivity contribution in [2.75, 3.05) is 5.32 Å². The molecule has 4 nitrogen and oxygen atoms in total. The summed E-state index contributed by atoms with van der Waals surface area (Å²) in [5.74, 6) is -3.29. The minimum atomic E-state index is -0.829. The van der Waals surface area contributed by atoms with Gasteiger partial charge in [-0.05, 0) is 31.9 Å². The van der Waals surface area contributed by atoms with Gasteiger partial charge in [-0.15, -0.1) is 0 Å². The Hall–Kier alpha value is -1.98. The molecule has 0 aromatic heterocycles. The highest BCUT2D eigenvalue weighted by Crippen LogP contribution is 2.40. The highest BCUT2D eigenvalue weighted by atomic mass is 19.1. The molecule has 2 rings (SSSR count). The average Bonchev–Trinajstić information content (AvgIpc) is 3.23. The van der Waals surface area contributed by atoms with Crippen molar-refractivity contribution in [3.05, 3.63) is 29.8 Å². The highest BCUT2D eigenvalue weighted by Gasteiger charge is 2.48. The van der Waals surface area contributed by atoms with Crippen molar-refractivity contribution in [1.82, 2.24) is 5.32 Å². The number of anilines is 1. The van der Waals surface area contributed by atoms with Gasteiger partial charge in [-0.2, -0.15) is 0 Å². The third-order valence-electron chi connectivity index (χ3n) is 3.68. The van der Waals surface area contributed by atoms with E-state index in [4.69, 9.17) is 0 Å². The van der Waals surface area contributed by atoms with Gasteiger partial charge in [0, 0.05) is 6.04 Å². The predicted molar refractivity (Wildman–Crippen MR) is 74.5 cm³/mol. The van der Waals surface area contributed by atoms with Gasteiger partial charge in [0.2, 0.25) is 11.8 Å². The number of halogens is 2. The Balaban J connectivity index is 1.93. The fourth-order valence-corrected chi connectivity index (χ4v) is 2.06. The number of hydrogen-bond donors (Lipinski definition) is 2. The van der Waals surface area contributed by atoms with Crippen molar-refractivity contribution in [3.8, 4) is 0 Å². The van der Waals surface area contributed by atoms with Crippen LogP contribution in [0.3, 0.4) is 0 Å². The maximum Gasteiger partial charge on any atom is 0.228 e. The summed E-state index contributed by atoms with van der Waals surface area (Å²) in [6.07, 6.45) is 1.21. The van der Waals surface area contributed by atoms with Crippen molar-refractivity contribution in [1.29, 1.82) is 0 Å². The van der Waals surface area contributed by atoms with Gasteiger partial charge in [0.15, 0.2) is 0 Å². The molecule has 1 aromatic rings. The molecule has 2 amide bonds. The minimum Gasteiger partial charge on any atom is -0.353 e. The molecule has 0 aliphatic heterocycles. The minimum absolute atomic E-state index is 0.0471. The van der Waals surface area contributed by atoms with Crippen LogP contribution < -0.4 is 10.6 Å². The molecule has 1 fully saturated rings. The van der Waals surface area contributed by atoms with Crippen LogP contribution in [-0.2, 0) is 9.59 Å². The van der Waals surface area contributed by atoms with Gasteiger partial charge in [-0.1, -0.05) is 13.0 Å². The first-order valence-electron chi connectivity index (χ1n) is 6.99. The normalized spacial score (nSPS) is 21.5. The molecular weight excluding hydrogens is 278 g/mol. The van der Waals surface area contributed by atoms with Crippen LogP contribution in [0, 0.1) is 23.5 Å². The van der Waals surface area contributed by atoms with E-state index in [0.29, 0.717) is 6.42 Å². The third-order valence-corrected chi connectivity index (χ3v) is 3.68. The zero-order valence-corrected chi connectivity index (χ0v) is 12.0. The van der Waals surface area contributed by atoms with Crippen molar-refractivity contribution in [2.24, 2.45) is 11.8 Å². The van der Waals surface area contributed by atoms with Crippen LogP contribution >= 0.6 is 0 Å². The second-order valence-corrected chi connectivity index (χ2v) is 5.35. The summed E-state index contributed by atoms with van der Waals surface area (Å²) in [5.41, 5.74) is -0.463. The van der Waals surface area contributed by atoms with Crippen LogP contribution in [0.25, 0.3) is 0 Å². The zero-order valence-electron chi connectivity index (χ0n) is 12.0. The summed E-state index contributed by atoms with van der Waals surface area (Å²) in [5, 5.41) is 5.02. The number of nitrogens with one attached hydrogen (secondary N) is 2. The lowest BCUT2D eigenvalue weighted by atomic mass is 10.2. The number of carbonyl (C=O) groups excluding carboxylic acids is 2. The Labute approximate surface area is 121 Å². The molecule has 0 heterocycles. The van der Waals surface area contributed by atoms with Crippen LogP contribution in [0.5, 0.6) is 0 Å². The quantitative estimate of drug-likeness (QED) is 0.877. The number of rotatable bonds is 5. The monoisotopic (exact) mass is 296 g/mol. The summed E-state index contributed by atoms with van der Waals surface area (Å²) < 4.78 is 26.9. The average molecular weight is 296 g/mol. The maximum absolute atomic E-state index is 13.4. The lowest BCUT2D eigenvalue weighted by molar-refractivity contribution is -0.125. The molecule has 114 valence electrons. The number of para-hydroxylation sites is 1. The lowest BCUT2D eigenvalue weighted by Crippen LogP contribution is -2.34. The fourth-order valence-electron chi connectivity index (χ4n) is 2.06. The van der Waals surface area contributed by atoms with E-state index in [9.17, 15) is 18.4 Å². The van der Waals surface area contributed by atoms with Crippen LogP contribution in [0.2, 0.25) is 0 Å². The Morgan fingerprint density at radius 2 is 1.81 bits per heavy atom. The first kappa shape index (κ1) is 15.4. The maximum atomic E-state index is 13.4. The molecule has 3 unspecified atom stereocenters. The van der Waals surface area contributed by atoms with E-state index in [1.807, 2.05) is 13.8 Å². The van der Waals surface area contributed by atoms with Crippen LogP contribution in [0.4, 0.5) is 14.5 Å². The van der Waals surface area contributed by atoms with Gasteiger partial charge in [-0.25, -0.2) is 8.78 Å². The molecule has 21 heavy (non-hydrogen) atoms. The number of amides is 2. The van der Waals surface area contributed by atoms with Crippen molar-refractivity contribution >= 4 is 17.5 Å². The number of carbonyl (C=O) groups is 2. The molecule has 3 atom stereocenters. The van der Waals surface area contributed by atoms with Gasteiger partial charge in [-0.3, -0.25) is 9.59 Å². The Morgan fingerprint density at radius 3 is 2.38 bits per heavy atom. The van der Waals surface area contributed by atoms with Gasteiger partial charge in [0.25, 0.3) is 0 Å². The van der Waals surface area contributed by atoms with E-state index in [0.717, 1.165) is 18.6 Å². The summed E-state index contributed by atoms with van der Waals surface area (Å²) >= 11 is 0. The van der Waals surface area contributed by atoms with Crippen molar-refractivity contribution in [3.63, 3.8) is 0 Å². The molecule has 2 N–H and O–H groups in total. The Morgan fingerprint density at radius 1 is 1.24 bits per heavy atom. The summed E-state index contributed by atoms with van der Waals surface area (Å²) in [7, 11) is 0. The molecule has 0 bridgehead atoms. The van der Waals surface area contributed by atoms with Crippen LogP contribution in [-0.4, -0.2) is 17.9 Å². The second kappa shape index (κ2) is 6.20. The standard InChI is InChI=1S/C15H18F2N2O2/c1-3-8(2)18-14(20)9-7-10(9)15(21)19-13-11(16)5-4-6-12(13)17/h4-6,8-10H,3,7H2,1-2H3,(H,18,20)(H,19,21). The van der Waals surface area contributed by atoms with E-state index in [1.54, 1.807) is 0 Å². The number of benzene rings is 1. The van der Waals surface area contributed by atoms with Gasteiger partial charge in [0.05, 0.1) is 11.8 Å². The van der Waals surface area contributed by atoms with Gasteiger partial charge >= 0.3 is 0 Å². The predicted octanol–water partition coefficient (Wildman–Crippen LogP) is 2.45. The molecule has 1 saturated carbocycles. The first-order valence-corrected chi connectivity index (χ1v) is 6.99. The zero-order chi connectivity index (χ0) is 15.6. The van der Waals surface area contributed by atoms with Crippen LogP contribution in [0.1, 0.15) is 26.7 Å². The molecule has 1 aromatic carbocycles. The molecule has 1 aliphatic carbocycles. The molecule has 6 heteroatoms. The van der Waals surface area contributed by atoms with Gasteiger partial charge in [0.1, 0.15) is 17.3 Å². The fraction of sp³-hybridized carbons (Fsp3) is 0.467. The number of hydrogen-bond acceptors (Lipinski definition) is 2. The van der Waals surface area contributed by atoms with Crippen molar-refractivity contribution < 1.29 is 18.4 Å². The van der Waals surface area contributed by atoms with Crippen LogP contribution in [0.15, 0.2) is 18.2 Å². The molecule has 0 radical (unpaired) electrons. The van der Waals surface area contributed by atoms with E-state index in [2.05, 4.69) is 10.6 Å². The lowest BCUT2D eigenvalue weighted by Gasteiger charge is -2.11. The smallest absolute Gasteiger partial charge is 0.228 e. The summed E-state index contributed by atoms with van der Waals surface area (Å²) in [6.45, 7) is 3.83. The molecule has 0 saturated heterocycles. The SMILES string of the molecule is CCC(C)NC(=O)C1CC1C(=O)Nc1c(F)cccc1F. The summed E-state index contributed by atoms with van der Waals surface area (Å²) in [4.78, 5) is 23.8. The van der Waals surface area contributed by atoms with Crippen molar-refractivity contribution in [2.45, 2.75) is 32.7 Å². The largest absolute Gasteiger partial charge is 0.353 e. The third kappa shape index (κ3) is 3.56. The highest BCUT2D eigenvalue weighted by molar-refractivity contribution is 5.99. The van der Waals surface area contributed by atoms with E-state index >= 15 is 0 Å². The molecule has 0 spiro atoms. The van der Waals surface area contributed by atoms with E-state index in [-0.39, 0.29) is 11.9 Å². The second-order valence-electron chi connectivity index (χ2n) is 5.35. The summed E-state index contributed by atoms with van der Waals surface area (Å²) in [6, 6.07) is 3.41. The Kier molecular flexibility index (Phi) is 4.55. The molecular formula is C15H18F2N2O2. The van der Waals surface area contributed by atoms with E-state index < -0.39 is 35.1 Å². The van der Waals surface area contributed by atoms with E-state index in [1.165, 1.54) is 6.07 Å². The topological polar surface area (TPSA) is 58.2 Å².